The number of hydrogen-bond acceptors (Lipinski definition) is 14. The van der Waals surface area contributed by atoms with Gasteiger partial charge in [0, 0.05) is 6.42 Å². The summed E-state index contributed by atoms with van der Waals surface area (Å²) >= 11 is 0. The second kappa shape index (κ2) is 47.6. The third kappa shape index (κ3) is 52.6. The number of rotatable bonds is 49. The van der Waals surface area contributed by atoms with Crippen molar-refractivity contribution in [2.45, 2.75) is 142 Å². The Bertz CT molecular complexity index is 857. The lowest BCUT2D eigenvalue weighted by molar-refractivity contribution is -0.156. The smallest absolute Gasteiger partial charge is 0.308 e. The van der Waals surface area contributed by atoms with Crippen molar-refractivity contribution in [1.82, 2.24) is 0 Å². The molecule has 0 aliphatic rings. The van der Waals surface area contributed by atoms with Crippen LogP contribution in [0.3, 0.4) is 0 Å². The molecular formula is C45H88O14. The monoisotopic (exact) mass is 853 g/mol. The number of unbranched alkanes of at least 4 members (excludes halogenated alkanes) is 14. The predicted octanol–water partition coefficient (Wildman–Crippen LogP) is 7.69. The van der Waals surface area contributed by atoms with Gasteiger partial charge in [0.05, 0.1) is 139 Å². The zero-order valence-corrected chi connectivity index (χ0v) is 38.1. The highest BCUT2D eigenvalue weighted by Gasteiger charge is 2.15. The van der Waals surface area contributed by atoms with E-state index in [1.165, 1.54) is 83.5 Å². The Morgan fingerprint density at radius 3 is 0.847 bits per heavy atom. The molecule has 0 unspecified atom stereocenters. The Labute approximate surface area is 358 Å². The maximum Gasteiger partial charge on any atom is 0.308 e. The number of carbonyl (C=O) groups is 2. The number of ether oxygens (including phenoxy) is 12. The van der Waals surface area contributed by atoms with Crippen molar-refractivity contribution in [3.05, 3.63) is 0 Å². The van der Waals surface area contributed by atoms with E-state index in [1.54, 1.807) is 0 Å². The molecule has 0 bridgehead atoms. The minimum atomic E-state index is -0.477. The van der Waals surface area contributed by atoms with Gasteiger partial charge in [-0.25, -0.2) is 0 Å². The summed E-state index contributed by atoms with van der Waals surface area (Å²) in [7, 11) is 0. The quantitative estimate of drug-likeness (QED) is 0.0436. The van der Waals surface area contributed by atoms with Gasteiger partial charge in [-0.1, -0.05) is 96.8 Å². The van der Waals surface area contributed by atoms with Gasteiger partial charge in [-0.05, 0) is 27.2 Å². The van der Waals surface area contributed by atoms with Gasteiger partial charge in [-0.2, -0.15) is 0 Å². The summed E-state index contributed by atoms with van der Waals surface area (Å²) in [6.45, 7) is 17.3. The van der Waals surface area contributed by atoms with E-state index in [2.05, 4.69) is 6.92 Å². The summed E-state index contributed by atoms with van der Waals surface area (Å²) in [6.07, 6.45) is 20.4. The molecule has 0 aliphatic carbocycles. The van der Waals surface area contributed by atoms with Crippen molar-refractivity contribution >= 4 is 11.9 Å². The summed E-state index contributed by atoms with van der Waals surface area (Å²) in [6, 6.07) is 0. The SMILES string of the molecule is CCCCCCCCCCCCCCCCCC(=O)OCCOCCOCCOCCOCCOCCOCCOCCOCCOCCOCCC(=O)OC(C)(C)C. The highest BCUT2D eigenvalue weighted by molar-refractivity contribution is 5.70. The van der Waals surface area contributed by atoms with Crippen LogP contribution in [-0.2, 0) is 66.4 Å². The normalized spacial score (nSPS) is 11.7. The predicted molar refractivity (Wildman–Crippen MR) is 229 cm³/mol. The lowest BCUT2D eigenvalue weighted by Gasteiger charge is -2.19. The van der Waals surface area contributed by atoms with Crippen LogP contribution in [0.2, 0.25) is 0 Å². The van der Waals surface area contributed by atoms with E-state index < -0.39 is 5.60 Å². The van der Waals surface area contributed by atoms with Crippen LogP contribution in [0.4, 0.5) is 0 Å². The number of hydrogen-bond donors (Lipinski definition) is 0. The molecule has 0 saturated carbocycles. The lowest BCUT2D eigenvalue weighted by atomic mass is 10.0. The van der Waals surface area contributed by atoms with Crippen molar-refractivity contribution in [2.24, 2.45) is 0 Å². The minimum absolute atomic E-state index is 0.134. The molecule has 0 heterocycles. The summed E-state index contributed by atoms with van der Waals surface area (Å²) in [5, 5.41) is 0. The summed E-state index contributed by atoms with van der Waals surface area (Å²) in [5.41, 5.74) is -0.477. The second-order valence-electron chi connectivity index (χ2n) is 15.4. The van der Waals surface area contributed by atoms with Gasteiger partial charge >= 0.3 is 11.9 Å². The maximum atomic E-state index is 11.9. The van der Waals surface area contributed by atoms with Crippen molar-refractivity contribution in [1.29, 1.82) is 0 Å². The van der Waals surface area contributed by atoms with Gasteiger partial charge < -0.3 is 56.8 Å². The first kappa shape index (κ1) is 57.5. The molecule has 0 N–H and O–H groups in total. The Morgan fingerprint density at radius 1 is 0.305 bits per heavy atom. The summed E-state index contributed by atoms with van der Waals surface area (Å²) in [5.74, 6) is -0.400. The summed E-state index contributed by atoms with van der Waals surface area (Å²) < 4.78 is 65.2. The molecule has 0 radical (unpaired) electrons. The van der Waals surface area contributed by atoms with Crippen LogP contribution < -0.4 is 0 Å². The molecule has 0 aliphatic heterocycles. The molecule has 14 nitrogen and oxygen atoms in total. The molecule has 0 rings (SSSR count). The van der Waals surface area contributed by atoms with E-state index in [0.717, 1.165) is 12.8 Å². The van der Waals surface area contributed by atoms with Crippen LogP contribution in [0.5, 0.6) is 0 Å². The zero-order valence-electron chi connectivity index (χ0n) is 38.1. The van der Waals surface area contributed by atoms with E-state index in [1.807, 2.05) is 20.8 Å². The fourth-order valence-electron chi connectivity index (χ4n) is 5.56. The van der Waals surface area contributed by atoms with Crippen molar-refractivity contribution in [3.8, 4) is 0 Å². The van der Waals surface area contributed by atoms with Crippen molar-refractivity contribution in [3.63, 3.8) is 0 Å². The van der Waals surface area contributed by atoms with E-state index in [-0.39, 0.29) is 25.0 Å². The molecule has 0 saturated heterocycles. The van der Waals surface area contributed by atoms with Crippen LogP contribution in [0, 0.1) is 0 Å². The largest absolute Gasteiger partial charge is 0.463 e. The molecule has 0 fully saturated rings. The average Bonchev–Trinajstić information content (AvgIpc) is 3.20. The molecule has 0 aromatic rings. The Morgan fingerprint density at radius 2 is 0.559 bits per heavy atom. The van der Waals surface area contributed by atoms with Crippen LogP contribution in [0.1, 0.15) is 137 Å². The van der Waals surface area contributed by atoms with E-state index in [0.29, 0.717) is 139 Å². The topological polar surface area (TPSA) is 145 Å². The van der Waals surface area contributed by atoms with Crippen LogP contribution in [-0.4, -0.2) is 156 Å². The molecule has 0 aromatic carbocycles. The molecular weight excluding hydrogens is 764 g/mol. The lowest BCUT2D eigenvalue weighted by Crippen LogP contribution is -2.24. The van der Waals surface area contributed by atoms with Gasteiger partial charge in [0.15, 0.2) is 0 Å². The standard InChI is InChI=1S/C45H88O14/c1-5-6-7-8-9-10-11-12-13-14-15-16-17-18-19-20-43(46)58-42-41-57-40-39-56-38-37-55-36-35-54-34-33-53-32-31-52-30-29-51-28-27-50-26-25-49-24-23-48-22-21-44(47)59-45(2,3)4/h5-42H2,1-4H3. The molecule has 352 valence electrons. The van der Waals surface area contributed by atoms with Gasteiger partial charge in [0.1, 0.15) is 12.2 Å². The van der Waals surface area contributed by atoms with E-state index >= 15 is 0 Å². The Hall–Kier alpha value is -1.46. The van der Waals surface area contributed by atoms with Gasteiger partial charge in [-0.3, -0.25) is 9.59 Å². The third-order valence-corrected chi connectivity index (χ3v) is 8.69. The maximum absolute atomic E-state index is 11.9. The molecule has 14 heteroatoms. The summed E-state index contributed by atoms with van der Waals surface area (Å²) in [4.78, 5) is 23.5. The van der Waals surface area contributed by atoms with Crippen LogP contribution in [0.25, 0.3) is 0 Å². The first-order valence-electron chi connectivity index (χ1n) is 23.0. The Balaban J connectivity index is 3.16. The zero-order chi connectivity index (χ0) is 43.0. The van der Waals surface area contributed by atoms with Crippen molar-refractivity contribution < 1.29 is 66.4 Å². The Kier molecular flexibility index (Phi) is 46.4. The van der Waals surface area contributed by atoms with Gasteiger partial charge in [0.2, 0.25) is 0 Å². The molecule has 0 aromatic heterocycles. The first-order valence-corrected chi connectivity index (χ1v) is 23.0. The van der Waals surface area contributed by atoms with E-state index in [4.69, 9.17) is 56.8 Å². The molecule has 59 heavy (non-hydrogen) atoms. The van der Waals surface area contributed by atoms with Crippen LogP contribution >= 0.6 is 0 Å². The van der Waals surface area contributed by atoms with Gasteiger partial charge in [-0.15, -0.1) is 0 Å². The second-order valence-corrected chi connectivity index (χ2v) is 15.4. The highest BCUT2D eigenvalue weighted by atomic mass is 16.6. The number of esters is 2. The molecule has 0 atom stereocenters. The fourth-order valence-corrected chi connectivity index (χ4v) is 5.56. The van der Waals surface area contributed by atoms with Gasteiger partial charge in [0.25, 0.3) is 0 Å². The average molecular weight is 853 g/mol. The first-order chi connectivity index (χ1) is 28.8. The molecule has 0 spiro atoms. The third-order valence-electron chi connectivity index (χ3n) is 8.69. The highest BCUT2D eigenvalue weighted by Crippen LogP contribution is 2.14. The molecule has 0 amide bonds. The fraction of sp³-hybridized carbons (Fsp3) is 0.956. The number of carbonyl (C=O) groups excluding carboxylic acids is 2. The minimum Gasteiger partial charge on any atom is -0.463 e. The van der Waals surface area contributed by atoms with Crippen LogP contribution in [0.15, 0.2) is 0 Å². The van der Waals surface area contributed by atoms with E-state index in [9.17, 15) is 9.59 Å². The van der Waals surface area contributed by atoms with Crippen molar-refractivity contribution in [2.75, 3.05) is 139 Å².